The lowest BCUT2D eigenvalue weighted by atomic mass is 10.0. The van der Waals surface area contributed by atoms with Crippen molar-refractivity contribution >= 4 is 5.82 Å². The van der Waals surface area contributed by atoms with E-state index in [0.717, 1.165) is 18.5 Å². The van der Waals surface area contributed by atoms with E-state index in [-0.39, 0.29) is 11.5 Å². The van der Waals surface area contributed by atoms with Gasteiger partial charge in [0.05, 0.1) is 11.9 Å². The zero-order valence-corrected chi connectivity index (χ0v) is 16.8. The number of nitrogens with two attached hydrogens (primary N) is 1. The predicted molar refractivity (Wildman–Crippen MR) is 110 cm³/mol. The molecule has 146 valence electrons. The third-order valence-electron chi connectivity index (χ3n) is 4.99. The number of nitrogens with zero attached hydrogens (tertiary/aromatic N) is 3. The summed E-state index contributed by atoms with van der Waals surface area (Å²) in [6, 6.07) is 1.99. The third kappa shape index (κ3) is 11.1. The van der Waals surface area contributed by atoms with Crippen LogP contribution in [-0.2, 0) is 6.42 Å². The van der Waals surface area contributed by atoms with E-state index in [1.54, 1.807) is 6.20 Å². The molecular weight excluding hydrogens is 320 g/mol. The Labute approximate surface area is 160 Å². The second-order valence-corrected chi connectivity index (χ2v) is 7.41. The SMILES string of the molecule is CCCCCCCCCCCCCCCCCc1cnc(N)c(C#N)n1. The number of rotatable bonds is 16. The predicted octanol–water partition coefficient (Wildman–Crippen LogP) is 6.34. The van der Waals surface area contributed by atoms with E-state index in [0.29, 0.717) is 0 Å². The highest BCUT2D eigenvalue weighted by Gasteiger charge is 2.03. The Bertz CT molecular complexity index is 507. The minimum atomic E-state index is 0.229. The molecule has 4 heteroatoms. The number of hydrogen-bond donors (Lipinski definition) is 1. The molecule has 0 atom stereocenters. The van der Waals surface area contributed by atoms with Crippen LogP contribution in [0, 0.1) is 11.3 Å². The fraction of sp³-hybridized carbons (Fsp3) is 0.773. The molecule has 0 aliphatic heterocycles. The summed E-state index contributed by atoms with van der Waals surface area (Å²) in [5.74, 6) is 0.229. The lowest BCUT2D eigenvalue weighted by molar-refractivity contribution is 0.532. The second kappa shape index (κ2) is 15.6. The van der Waals surface area contributed by atoms with Gasteiger partial charge < -0.3 is 5.73 Å². The van der Waals surface area contributed by atoms with Gasteiger partial charge in [-0.1, -0.05) is 96.8 Å². The molecular formula is C22H38N4. The first-order chi connectivity index (χ1) is 12.8. The molecule has 0 aliphatic carbocycles. The zero-order chi connectivity index (χ0) is 18.9. The molecule has 0 amide bonds. The van der Waals surface area contributed by atoms with Crippen molar-refractivity contribution < 1.29 is 0 Å². The summed E-state index contributed by atoms with van der Waals surface area (Å²) < 4.78 is 0. The third-order valence-corrected chi connectivity index (χ3v) is 4.99. The molecule has 0 saturated carbocycles. The Morgan fingerprint density at radius 3 is 1.73 bits per heavy atom. The highest BCUT2D eigenvalue weighted by Crippen LogP contribution is 2.14. The zero-order valence-electron chi connectivity index (χ0n) is 16.8. The van der Waals surface area contributed by atoms with Crippen molar-refractivity contribution in [3.63, 3.8) is 0 Å². The van der Waals surface area contributed by atoms with Gasteiger partial charge in [0.25, 0.3) is 0 Å². The maximum Gasteiger partial charge on any atom is 0.183 e. The first kappa shape index (κ1) is 22.4. The van der Waals surface area contributed by atoms with E-state index in [1.165, 1.54) is 89.9 Å². The van der Waals surface area contributed by atoms with Crippen LogP contribution >= 0.6 is 0 Å². The van der Waals surface area contributed by atoms with E-state index in [9.17, 15) is 0 Å². The largest absolute Gasteiger partial charge is 0.381 e. The molecule has 0 fully saturated rings. The van der Waals surface area contributed by atoms with Gasteiger partial charge in [0.2, 0.25) is 0 Å². The fourth-order valence-corrected chi connectivity index (χ4v) is 3.32. The number of aryl methyl sites for hydroxylation is 1. The van der Waals surface area contributed by atoms with E-state index in [2.05, 4.69) is 16.9 Å². The smallest absolute Gasteiger partial charge is 0.183 e. The Morgan fingerprint density at radius 1 is 0.808 bits per heavy atom. The fourth-order valence-electron chi connectivity index (χ4n) is 3.32. The topological polar surface area (TPSA) is 75.6 Å². The van der Waals surface area contributed by atoms with Crippen molar-refractivity contribution in [3.8, 4) is 6.07 Å². The van der Waals surface area contributed by atoms with Gasteiger partial charge >= 0.3 is 0 Å². The number of nitrogen functional groups attached to an aromatic ring is 1. The van der Waals surface area contributed by atoms with Crippen molar-refractivity contribution in [2.45, 2.75) is 110 Å². The number of hydrogen-bond acceptors (Lipinski definition) is 4. The summed E-state index contributed by atoms with van der Waals surface area (Å²) in [6.07, 6.45) is 23.1. The molecule has 0 bridgehead atoms. The molecule has 0 aromatic carbocycles. The van der Waals surface area contributed by atoms with Crippen LogP contribution in [-0.4, -0.2) is 9.97 Å². The molecule has 0 spiro atoms. The monoisotopic (exact) mass is 358 g/mol. The lowest BCUT2D eigenvalue weighted by Gasteiger charge is -2.04. The maximum absolute atomic E-state index is 8.91. The molecule has 4 nitrogen and oxygen atoms in total. The van der Waals surface area contributed by atoms with Gasteiger partial charge in [0.1, 0.15) is 6.07 Å². The number of aromatic nitrogens is 2. The maximum atomic E-state index is 8.91. The van der Waals surface area contributed by atoms with E-state index < -0.39 is 0 Å². The first-order valence-electron chi connectivity index (χ1n) is 10.8. The van der Waals surface area contributed by atoms with Gasteiger partial charge in [-0.05, 0) is 12.8 Å². The van der Waals surface area contributed by atoms with Gasteiger partial charge in [0.15, 0.2) is 11.5 Å². The number of anilines is 1. The molecule has 1 aromatic rings. The highest BCUT2D eigenvalue weighted by molar-refractivity contribution is 5.42. The molecule has 1 aromatic heterocycles. The summed E-state index contributed by atoms with van der Waals surface area (Å²) in [5, 5.41) is 8.91. The lowest BCUT2D eigenvalue weighted by Crippen LogP contribution is -2.01. The van der Waals surface area contributed by atoms with Crippen LogP contribution in [0.4, 0.5) is 5.82 Å². The van der Waals surface area contributed by atoms with Crippen LogP contribution in [0.15, 0.2) is 6.20 Å². The second-order valence-electron chi connectivity index (χ2n) is 7.41. The summed E-state index contributed by atoms with van der Waals surface area (Å²) in [6.45, 7) is 2.28. The average Bonchev–Trinajstić information content (AvgIpc) is 2.66. The number of unbranched alkanes of at least 4 members (excludes halogenated alkanes) is 14. The van der Waals surface area contributed by atoms with Gasteiger partial charge in [0, 0.05) is 0 Å². The summed E-state index contributed by atoms with van der Waals surface area (Å²) in [7, 11) is 0. The van der Waals surface area contributed by atoms with Crippen LogP contribution in [0.5, 0.6) is 0 Å². The van der Waals surface area contributed by atoms with Crippen LogP contribution in [0.1, 0.15) is 115 Å². The molecule has 0 radical (unpaired) electrons. The molecule has 2 N–H and O–H groups in total. The van der Waals surface area contributed by atoms with Crippen molar-refractivity contribution in [1.29, 1.82) is 5.26 Å². The molecule has 26 heavy (non-hydrogen) atoms. The van der Waals surface area contributed by atoms with Crippen molar-refractivity contribution in [1.82, 2.24) is 9.97 Å². The Balaban J connectivity index is 1.86. The van der Waals surface area contributed by atoms with Gasteiger partial charge in [-0.25, -0.2) is 9.97 Å². The normalized spacial score (nSPS) is 10.8. The first-order valence-corrected chi connectivity index (χ1v) is 10.8. The van der Waals surface area contributed by atoms with Crippen molar-refractivity contribution in [2.24, 2.45) is 0 Å². The molecule has 0 aliphatic rings. The summed E-state index contributed by atoms with van der Waals surface area (Å²) in [4.78, 5) is 8.28. The standard InChI is InChI=1S/C22H38N4/c1-2-3-4-5-6-7-8-9-10-11-12-13-14-15-16-17-20-19-25-22(24)21(18-23)26-20/h19H,2-17H2,1H3,(H2,24,25). The Kier molecular flexibility index (Phi) is 13.5. The minimum absolute atomic E-state index is 0.229. The molecule has 1 heterocycles. The van der Waals surface area contributed by atoms with Crippen LogP contribution in [0.3, 0.4) is 0 Å². The van der Waals surface area contributed by atoms with Crippen molar-refractivity contribution in [3.05, 3.63) is 17.6 Å². The van der Waals surface area contributed by atoms with Crippen LogP contribution in [0.25, 0.3) is 0 Å². The quantitative estimate of drug-likeness (QED) is 0.350. The van der Waals surface area contributed by atoms with Crippen LogP contribution in [0.2, 0.25) is 0 Å². The average molecular weight is 359 g/mol. The molecule has 1 rings (SSSR count). The number of nitriles is 1. The van der Waals surface area contributed by atoms with E-state index in [1.807, 2.05) is 6.07 Å². The van der Waals surface area contributed by atoms with E-state index in [4.69, 9.17) is 11.0 Å². The summed E-state index contributed by atoms with van der Waals surface area (Å²) in [5.41, 5.74) is 6.72. The van der Waals surface area contributed by atoms with Gasteiger partial charge in [-0.2, -0.15) is 5.26 Å². The summed E-state index contributed by atoms with van der Waals surface area (Å²) >= 11 is 0. The van der Waals surface area contributed by atoms with Crippen LogP contribution < -0.4 is 5.73 Å². The van der Waals surface area contributed by atoms with Gasteiger partial charge in [-0.15, -0.1) is 0 Å². The molecule has 0 unspecified atom stereocenters. The Morgan fingerprint density at radius 2 is 1.27 bits per heavy atom. The Hall–Kier alpha value is -1.63. The van der Waals surface area contributed by atoms with Gasteiger partial charge in [-0.3, -0.25) is 0 Å². The van der Waals surface area contributed by atoms with Crippen molar-refractivity contribution in [2.75, 3.05) is 5.73 Å². The minimum Gasteiger partial charge on any atom is -0.381 e. The highest BCUT2D eigenvalue weighted by atomic mass is 14.9. The van der Waals surface area contributed by atoms with E-state index >= 15 is 0 Å². The molecule has 0 saturated heterocycles.